The molecule has 3 nitrogen and oxygen atoms in total. The molecule has 1 N–H and O–H groups in total. The molecule has 2 aromatic rings. The molecule has 0 bridgehead atoms. The molecule has 4 heteroatoms. The Balaban J connectivity index is 0. The summed E-state index contributed by atoms with van der Waals surface area (Å²) in [6, 6.07) is 14.3. The average molecular weight is 363 g/mol. The summed E-state index contributed by atoms with van der Waals surface area (Å²) in [6.45, 7) is 4.75. The van der Waals surface area contributed by atoms with Gasteiger partial charge in [-0.15, -0.1) is 0 Å². The number of nitrogens with zero attached hydrogens (tertiary/aromatic N) is 2. The van der Waals surface area contributed by atoms with Gasteiger partial charge in [-0.2, -0.15) is 41.5 Å². The van der Waals surface area contributed by atoms with Crippen molar-refractivity contribution >= 4 is 0 Å². The van der Waals surface area contributed by atoms with Gasteiger partial charge >= 0.3 is 0 Å². The Hall–Kier alpha value is -1.43. The Morgan fingerprint density at radius 2 is 1.71 bits per heavy atom. The minimum absolute atomic E-state index is 0. The van der Waals surface area contributed by atoms with Gasteiger partial charge in [0.1, 0.15) is 0 Å². The predicted molar refractivity (Wildman–Crippen MR) is 48.8 cm³/mol. The van der Waals surface area contributed by atoms with E-state index in [2.05, 4.69) is 16.3 Å². The second kappa shape index (κ2) is 14.1. The van der Waals surface area contributed by atoms with Crippen molar-refractivity contribution in [1.82, 2.24) is 10.2 Å². The minimum Gasteiger partial charge on any atom is -0.512 e. The van der Waals surface area contributed by atoms with Crippen LogP contribution in [0.25, 0.3) is 0 Å². The number of hydrogen-bond acceptors (Lipinski definition) is 2. The van der Waals surface area contributed by atoms with Crippen LogP contribution in [0.1, 0.15) is 0 Å². The largest absolute Gasteiger partial charge is 0.512 e. The number of hydrogen-bond donors (Lipinski definition) is 1. The molecule has 0 saturated carbocycles. The van der Waals surface area contributed by atoms with Crippen LogP contribution in [-0.2, 0) is 20.1 Å². The summed E-state index contributed by atoms with van der Waals surface area (Å²) in [4.78, 5) is 0. The van der Waals surface area contributed by atoms with Gasteiger partial charge in [0.15, 0.2) is 0 Å². The van der Waals surface area contributed by atoms with E-state index in [0.717, 1.165) is 0 Å². The summed E-state index contributed by atoms with van der Waals surface area (Å²) < 4.78 is 0. The van der Waals surface area contributed by atoms with Gasteiger partial charge in [-0.1, -0.05) is 0 Å². The van der Waals surface area contributed by atoms with Crippen molar-refractivity contribution in [2.24, 2.45) is 0 Å². The zero-order valence-corrected chi connectivity index (χ0v) is 9.74. The van der Waals surface area contributed by atoms with Crippen molar-refractivity contribution in [3.05, 3.63) is 61.4 Å². The van der Waals surface area contributed by atoms with E-state index < -0.39 is 0 Å². The molecule has 0 unspecified atom stereocenters. The van der Waals surface area contributed by atoms with E-state index in [9.17, 15) is 0 Å². The molecule has 75 valence electrons. The van der Waals surface area contributed by atoms with E-state index in [1.165, 1.54) is 0 Å². The summed E-state index contributed by atoms with van der Waals surface area (Å²) >= 11 is 0. The van der Waals surface area contributed by atoms with Gasteiger partial charge < -0.3 is 11.8 Å². The van der Waals surface area contributed by atoms with Gasteiger partial charge in [0.05, 0.1) is 0 Å². The molecule has 1 aromatic heterocycles. The van der Waals surface area contributed by atoms with Gasteiger partial charge in [-0.3, -0.25) is 5.10 Å². The number of H-pyrrole nitrogens is 1. The number of nitrogens with one attached hydrogen (secondary N) is 1. The molecule has 0 amide bonds. The third-order valence-corrected chi connectivity index (χ3v) is 1.01. The summed E-state index contributed by atoms with van der Waals surface area (Å²) in [5.41, 5.74) is 0. The smallest absolute Gasteiger partial charge is 0.0487 e. The van der Waals surface area contributed by atoms with Gasteiger partial charge in [-0.05, 0) is 6.07 Å². The Morgan fingerprint density at radius 1 is 1.07 bits per heavy atom. The summed E-state index contributed by atoms with van der Waals surface area (Å²) in [6.07, 6.45) is 3.46. The second-order valence-electron chi connectivity index (χ2n) is 1.84. The maximum absolute atomic E-state index is 6.25. The fourth-order valence-electron chi connectivity index (χ4n) is 0.557. The maximum atomic E-state index is 6.25. The van der Waals surface area contributed by atoms with Crippen LogP contribution in [0.5, 0.6) is 0 Å². The zero-order valence-electron chi connectivity index (χ0n) is 7.35. The Morgan fingerprint density at radius 3 is 1.86 bits per heavy atom. The van der Waals surface area contributed by atoms with E-state index in [-0.39, 0.29) is 20.1 Å². The van der Waals surface area contributed by atoms with Crippen molar-refractivity contribution in [1.29, 1.82) is 5.26 Å². The van der Waals surface area contributed by atoms with Crippen LogP contribution in [0, 0.1) is 17.9 Å². The normalized spacial score (nSPS) is 6.43. The zero-order chi connectivity index (χ0) is 9.78. The molecule has 0 atom stereocenters. The van der Waals surface area contributed by atoms with Crippen LogP contribution in [-0.4, -0.2) is 10.2 Å². The molecule has 1 heterocycles. The third-order valence-electron chi connectivity index (χ3n) is 1.01. The first-order valence-corrected chi connectivity index (χ1v) is 3.57. The molecule has 0 fully saturated rings. The SMILES string of the molecule is [C-]#N.[Ir].[c-]1ccccc1.c1cn[nH]c1. The topological polar surface area (TPSA) is 52.5 Å². The van der Waals surface area contributed by atoms with Gasteiger partial charge in [0, 0.05) is 32.5 Å². The fraction of sp³-hybridized carbons (Fsp3) is 0. The van der Waals surface area contributed by atoms with Crippen molar-refractivity contribution in [2.75, 3.05) is 0 Å². The molecule has 1 aromatic carbocycles. The Bertz CT molecular complexity index is 235. The number of rotatable bonds is 0. The Labute approximate surface area is 97.1 Å². The summed E-state index contributed by atoms with van der Waals surface area (Å²) in [7, 11) is 0. The Kier molecular flexibility index (Phi) is 15.2. The predicted octanol–water partition coefficient (Wildman–Crippen LogP) is 1.99. The second-order valence-corrected chi connectivity index (χ2v) is 1.84. The van der Waals surface area contributed by atoms with E-state index in [4.69, 9.17) is 11.8 Å². The van der Waals surface area contributed by atoms with Crippen molar-refractivity contribution in [3.8, 4) is 0 Å². The number of aromatic amines is 1. The number of aromatic nitrogens is 2. The van der Waals surface area contributed by atoms with E-state index in [0.29, 0.717) is 0 Å². The van der Waals surface area contributed by atoms with Crippen molar-refractivity contribution in [3.63, 3.8) is 0 Å². The number of benzene rings is 1. The van der Waals surface area contributed by atoms with Crippen molar-refractivity contribution in [2.45, 2.75) is 0 Å². The van der Waals surface area contributed by atoms with Crippen molar-refractivity contribution < 1.29 is 20.1 Å². The first-order valence-electron chi connectivity index (χ1n) is 3.57. The van der Waals surface area contributed by atoms with Gasteiger partial charge in [0.2, 0.25) is 0 Å². The quantitative estimate of drug-likeness (QED) is 0.728. The van der Waals surface area contributed by atoms with Crippen LogP contribution in [0.4, 0.5) is 0 Å². The molecule has 0 aliphatic heterocycles. The molecule has 0 aliphatic carbocycles. The first-order chi connectivity index (χ1) is 6.50. The van der Waals surface area contributed by atoms with E-state index in [1.54, 1.807) is 12.4 Å². The van der Waals surface area contributed by atoms with Crippen LogP contribution in [0.15, 0.2) is 48.8 Å². The maximum Gasteiger partial charge on any atom is 0.0487 e. The van der Waals surface area contributed by atoms with E-state index >= 15 is 0 Å². The van der Waals surface area contributed by atoms with Crippen LogP contribution < -0.4 is 0 Å². The molecule has 2 rings (SSSR count). The molecular weight excluding hydrogens is 354 g/mol. The third kappa shape index (κ3) is 10.6. The van der Waals surface area contributed by atoms with Gasteiger partial charge in [-0.25, -0.2) is 0 Å². The minimum atomic E-state index is 0. The summed E-state index contributed by atoms with van der Waals surface area (Å²) in [5, 5.41) is 12.5. The molecule has 0 saturated heterocycles. The van der Waals surface area contributed by atoms with Crippen LogP contribution in [0.3, 0.4) is 0 Å². The average Bonchev–Trinajstić information content (AvgIpc) is 2.82. The monoisotopic (exact) mass is 364 g/mol. The molecule has 14 heavy (non-hydrogen) atoms. The molecular formula is C10H9IrN3-2. The molecule has 1 radical (unpaired) electrons. The summed E-state index contributed by atoms with van der Waals surface area (Å²) in [5.74, 6) is 0. The van der Waals surface area contributed by atoms with Gasteiger partial charge in [0.25, 0.3) is 0 Å². The molecule has 0 spiro atoms. The first kappa shape index (κ1) is 15.1. The molecule has 0 aliphatic rings. The van der Waals surface area contributed by atoms with Crippen LogP contribution >= 0.6 is 0 Å². The standard InChI is InChI=1S/C6H5.C3H4N2.CN.Ir/c1-2-4-6-5-3-1;1-2-4-5-3-1;1-2;/h1-5H;1-3H,(H,4,5);;/q-1;;-1;. The van der Waals surface area contributed by atoms with E-state index in [1.807, 2.05) is 36.4 Å². The van der Waals surface area contributed by atoms with Crippen LogP contribution in [0.2, 0.25) is 0 Å². The fourth-order valence-corrected chi connectivity index (χ4v) is 0.557.